The minimum atomic E-state index is -0.418. The molecule has 0 bridgehead atoms. The van der Waals surface area contributed by atoms with E-state index in [1.165, 1.54) is 23.4 Å². The number of amides is 1. The number of hydrogen-bond donors (Lipinski definition) is 1. The SMILES string of the molecule is CCCNC(=O)CSc1c(C(C)C)cnc2c1c(=O)n(C)c(=O)n2C. The van der Waals surface area contributed by atoms with Crippen LogP contribution in [-0.2, 0) is 18.9 Å². The highest BCUT2D eigenvalue weighted by molar-refractivity contribution is 8.00. The van der Waals surface area contributed by atoms with Crippen molar-refractivity contribution in [2.75, 3.05) is 12.3 Å². The van der Waals surface area contributed by atoms with Gasteiger partial charge in [0.05, 0.1) is 11.1 Å². The summed E-state index contributed by atoms with van der Waals surface area (Å²) in [4.78, 5) is 41.9. The first-order valence-electron chi connectivity index (χ1n) is 8.27. The molecular formula is C17H24N4O3S. The summed E-state index contributed by atoms with van der Waals surface area (Å²) in [5, 5.41) is 3.22. The van der Waals surface area contributed by atoms with Crippen LogP contribution in [0.4, 0.5) is 0 Å². The minimum absolute atomic E-state index is 0.0758. The van der Waals surface area contributed by atoms with Crippen molar-refractivity contribution in [2.45, 2.75) is 38.0 Å². The van der Waals surface area contributed by atoms with Crippen LogP contribution in [0.5, 0.6) is 0 Å². The van der Waals surface area contributed by atoms with Gasteiger partial charge in [-0.15, -0.1) is 11.8 Å². The predicted octanol–water partition coefficient (Wildman–Crippen LogP) is 1.37. The molecule has 25 heavy (non-hydrogen) atoms. The second-order valence-electron chi connectivity index (χ2n) is 6.24. The lowest BCUT2D eigenvalue weighted by molar-refractivity contribution is -0.118. The van der Waals surface area contributed by atoms with Crippen molar-refractivity contribution in [2.24, 2.45) is 14.1 Å². The van der Waals surface area contributed by atoms with Crippen LogP contribution in [0.3, 0.4) is 0 Å². The van der Waals surface area contributed by atoms with Gasteiger partial charge in [-0.05, 0) is 17.9 Å². The molecule has 2 rings (SSSR count). The number of nitrogens with one attached hydrogen (secondary N) is 1. The third-order valence-corrected chi connectivity index (χ3v) is 5.13. The van der Waals surface area contributed by atoms with E-state index in [4.69, 9.17) is 0 Å². The highest BCUT2D eigenvalue weighted by Crippen LogP contribution is 2.32. The molecule has 7 nitrogen and oxygen atoms in total. The van der Waals surface area contributed by atoms with Gasteiger partial charge in [0.2, 0.25) is 5.91 Å². The van der Waals surface area contributed by atoms with Gasteiger partial charge in [-0.3, -0.25) is 18.7 Å². The number of pyridine rings is 1. The largest absolute Gasteiger partial charge is 0.355 e. The van der Waals surface area contributed by atoms with Gasteiger partial charge in [-0.25, -0.2) is 9.78 Å². The van der Waals surface area contributed by atoms with Crippen molar-refractivity contribution < 1.29 is 4.79 Å². The maximum absolute atomic E-state index is 12.7. The molecule has 8 heteroatoms. The van der Waals surface area contributed by atoms with Crippen LogP contribution in [0.15, 0.2) is 20.7 Å². The summed E-state index contributed by atoms with van der Waals surface area (Å²) in [6.45, 7) is 6.64. The van der Waals surface area contributed by atoms with Crippen molar-refractivity contribution in [1.29, 1.82) is 0 Å². The fraction of sp³-hybridized carbons (Fsp3) is 0.529. The monoisotopic (exact) mass is 364 g/mol. The van der Waals surface area contributed by atoms with Gasteiger partial charge < -0.3 is 5.32 Å². The molecule has 0 atom stereocenters. The quantitative estimate of drug-likeness (QED) is 0.783. The molecule has 0 saturated carbocycles. The minimum Gasteiger partial charge on any atom is -0.355 e. The summed E-state index contributed by atoms with van der Waals surface area (Å²) in [7, 11) is 3.04. The zero-order valence-corrected chi connectivity index (χ0v) is 16.1. The van der Waals surface area contributed by atoms with Crippen LogP contribution < -0.4 is 16.6 Å². The van der Waals surface area contributed by atoms with Crippen LogP contribution in [0.1, 0.15) is 38.7 Å². The first-order valence-corrected chi connectivity index (χ1v) is 9.26. The van der Waals surface area contributed by atoms with Gasteiger partial charge in [0.1, 0.15) is 5.65 Å². The maximum Gasteiger partial charge on any atom is 0.332 e. The van der Waals surface area contributed by atoms with Crippen LogP contribution in [0.25, 0.3) is 11.0 Å². The average Bonchev–Trinajstić information content (AvgIpc) is 2.59. The number of thioether (sulfide) groups is 1. The Bertz CT molecular complexity index is 915. The van der Waals surface area contributed by atoms with E-state index in [-0.39, 0.29) is 23.1 Å². The Hall–Kier alpha value is -2.09. The van der Waals surface area contributed by atoms with E-state index in [1.807, 2.05) is 20.8 Å². The number of nitrogens with zero attached hydrogens (tertiary/aromatic N) is 3. The van der Waals surface area contributed by atoms with Crippen LogP contribution in [0.2, 0.25) is 0 Å². The van der Waals surface area contributed by atoms with E-state index in [2.05, 4.69) is 10.3 Å². The number of fused-ring (bicyclic) bond motifs is 1. The number of aromatic nitrogens is 3. The highest BCUT2D eigenvalue weighted by atomic mass is 32.2. The Morgan fingerprint density at radius 3 is 2.56 bits per heavy atom. The first-order chi connectivity index (χ1) is 11.8. The predicted molar refractivity (Wildman–Crippen MR) is 100 cm³/mol. The average molecular weight is 364 g/mol. The molecule has 0 fully saturated rings. The van der Waals surface area contributed by atoms with Crippen molar-refractivity contribution >= 4 is 28.7 Å². The number of rotatable bonds is 6. The molecular weight excluding hydrogens is 340 g/mol. The fourth-order valence-electron chi connectivity index (χ4n) is 2.54. The third kappa shape index (κ3) is 3.78. The summed E-state index contributed by atoms with van der Waals surface area (Å²) < 4.78 is 2.44. The van der Waals surface area contributed by atoms with Gasteiger partial charge in [-0.1, -0.05) is 20.8 Å². The van der Waals surface area contributed by atoms with E-state index in [0.29, 0.717) is 17.6 Å². The molecule has 0 aliphatic heterocycles. The van der Waals surface area contributed by atoms with E-state index in [9.17, 15) is 14.4 Å². The molecule has 2 aromatic rings. The highest BCUT2D eigenvalue weighted by Gasteiger charge is 2.19. The first kappa shape index (κ1) is 19.2. The second kappa shape index (κ2) is 7.86. The zero-order chi connectivity index (χ0) is 18.7. The van der Waals surface area contributed by atoms with E-state index in [0.717, 1.165) is 21.4 Å². The summed E-state index contributed by atoms with van der Waals surface area (Å²) in [6.07, 6.45) is 2.56. The molecule has 0 aliphatic rings. The van der Waals surface area contributed by atoms with Gasteiger partial charge in [-0.2, -0.15) is 0 Å². The maximum atomic E-state index is 12.7. The van der Waals surface area contributed by atoms with Crippen molar-refractivity contribution in [3.05, 3.63) is 32.6 Å². The zero-order valence-electron chi connectivity index (χ0n) is 15.3. The molecule has 2 aromatic heterocycles. The Morgan fingerprint density at radius 2 is 1.96 bits per heavy atom. The molecule has 1 amide bonds. The van der Waals surface area contributed by atoms with Crippen molar-refractivity contribution in [3.8, 4) is 0 Å². The molecule has 0 spiro atoms. The lowest BCUT2D eigenvalue weighted by atomic mass is 10.0. The van der Waals surface area contributed by atoms with Gasteiger partial charge >= 0.3 is 5.69 Å². The van der Waals surface area contributed by atoms with E-state index >= 15 is 0 Å². The Kier molecular flexibility index (Phi) is 6.05. The summed E-state index contributed by atoms with van der Waals surface area (Å²) in [6, 6.07) is 0. The molecule has 0 radical (unpaired) electrons. The van der Waals surface area contributed by atoms with E-state index in [1.54, 1.807) is 13.2 Å². The molecule has 0 aliphatic carbocycles. The second-order valence-corrected chi connectivity index (χ2v) is 7.23. The van der Waals surface area contributed by atoms with Crippen LogP contribution >= 0.6 is 11.8 Å². The summed E-state index contributed by atoms with van der Waals surface area (Å²) in [5.74, 6) is 0.276. The van der Waals surface area contributed by atoms with Gasteiger partial charge in [0.15, 0.2) is 0 Å². The number of carbonyl (C=O) groups excluding carboxylic acids is 1. The molecule has 0 unspecified atom stereocenters. The molecule has 2 heterocycles. The standard InChI is InChI=1S/C17H24N4O3S/c1-6-7-18-12(22)9-25-14-11(10(2)3)8-19-15-13(14)16(23)21(5)17(24)20(15)4/h8,10H,6-7,9H2,1-5H3,(H,18,22). The molecule has 0 aromatic carbocycles. The van der Waals surface area contributed by atoms with E-state index < -0.39 is 5.69 Å². The number of hydrogen-bond acceptors (Lipinski definition) is 5. The summed E-state index contributed by atoms with van der Waals surface area (Å²) >= 11 is 1.32. The number of aryl methyl sites for hydroxylation is 1. The Labute approximate surface area is 150 Å². The Morgan fingerprint density at radius 1 is 1.28 bits per heavy atom. The third-order valence-electron chi connectivity index (χ3n) is 3.99. The lowest BCUT2D eigenvalue weighted by Crippen LogP contribution is -2.37. The molecule has 0 saturated heterocycles. The molecule has 136 valence electrons. The van der Waals surface area contributed by atoms with Crippen molar-refractivity contribution in [1.82, 2.24) is 19.4 Å². The fourth-order valence-corrected chi connectivity index (χ4v) is 3.69. The van der Waals surface area contributed by atoms with Gasteiger partial charge in [0, 0.05) is 31.7 Å². The summed E-state index contributed by atoms with van der Waals surface area (Å²) in [5.41, 5.74) is 0.439. The van der Waals surface area contributed by atoms with Crippen LogP contribution in [-0.4, -0.2) is 32.3 Å². The lowest BCUT2D eigenvalue weighted by Gasteiger charge is -2.16. The topological polar surface area (TPSA) is 86.0 Å². The normalized spacial score (nSPS) is 11.3. The number of carbonyl (C=O) groups is 1. The van der Waals surface area contributed by atoms with Gasteiger partial charge in [0.25, 0.3) is 5.56 Å². The smallest absolute Gasteiger partial charge is 0.332 e. The molecule has 1 N–H and O–H groups in total. The van der Waals surface area contributed by atoms with Crippen molar-refractivity contribution in [3.63, 3.8) is 0 Å². The van der Waals surface area contributed by atoms with Crippen LogP contribution in [0, 0.1) is 0 Å². The Balaban J connectivity index is 2.62.